The van der Waals surface area contributed by atoms with Crippen molar-refractivity contribution in [3.05, 3.63) is 35.4 Å². The predicted octanol–water partition coefficient (Wildman–Crippen LogP) is 3.58. The van der Waals surface area contributed by atoms with Crippen LogP contribution in [0.1, 0.15) is 51.3 Å². The van der Waals surface area contributed by atoms with Crippen LogP contribution in [0.4, 0.5) is 5.69 Å². The quantitative estimate of drug-likeness (QED) is 0.508. The molecule has 2 aromatic carbocycles. The molecule has 0 fully saturated rings. The van der Waals surface area contributed by atoms with Crippen LogP contribution in [-0.2, 0) is 20.7 Å². The Bertz CT molecular complexity index is 1130. The van der Waals surface area contributed by atoms with Crippen LogP contribution in [0.15, 0.2) is 24.3 Å². The Balaban J connectivity index is 2.06. The summed E-state index contributed by atoms with van der Waals surface area (Å²) >= 11 is 0. The number of carbonyl (C=O) groups is 2. The average molecular weight is 500 g/mol. The summed E-state index contributed by atoms with van der Waals surface area (Å²) < 4.78 is 22.6. The maximum absolute atomic E-state index is 12.7. The van der Waals surface area contributed by atoms with Crippen molar-refractivity contribution in [1.29, 1.82) is 0 Å². The van der Waals surface area contributed by atoms with Crippen LogP contribution >= 0.6 is 0 Å². The Labute approximate surface area is 212 Å². The molecule has 0 unspecified atom stereocenters. The van der Waals surface area contributed by atoms with E-state index >= 15 is 0 Å². The van der Waals surface area contributed by atoms with Gasteiger partial charge in [0.15, 0.2) is 11.5 Å². The van der Waals surface area contributed by atoms with E-state index in [0.717, 1.165) is 22.3 Å². The molecule has 2 amide bonds. The van der Waals surface area contributed by atoms with E-state index in [0.29, 0.717) is 35.8 Å². The molecule has 0 saturated carbocycles. The van der Waals surface area contributed by atoms with E-state index < -0.39 is 11.6 Å². The van der Waals surface area contributed by atoms with Gasteiger partial charge < -0.3 is 35.3 Å². The van der Waals surface area contributed by atoms with Crippen molar-refractivity contribution in [2.75, 3.05) is 33.3 Å². The molecule has 196 valence electrons. The topological polar surface area (TPSA) is 121 Å². The highest BCUT2D eigenvalue weighted by molar-refractivity contribution is 5.95. The molecule has 0 heterocycles. The maximum atomic E-state index is 12.7. The van der Waals surface area contributed by atoms with E-state index in [9.17, 15) is 9.59 Å². The van der Waals surface area contributed by atoms with Crippen molar-refractivity contribution in [3.8, 4) is 28.4 Å². The lowest BCUT2D eigenvalue weighted by atomic mass is 9.93. The molecule has 0 spiro atoms. The molecule has 9 heteroatoms. The summed E-state index contributed by atoms with van der Waals surface area (Å²) in [6.07, 6.45) is 1.32. The molecule has 36 heavy (non-hydrogen) atoms. The van der Waals surface area contributed by atoms with Crippen LogP contribution in [-0.4, -0.2) is 51.4 Å². The van der Waals surface area contributed by atoms with Gasteiger partial charge in [-0.2, -0.15) is 0 Å². The first-order valence-corrected chi connectivity index (χ1v) is 11.9. The third kappa shape index (κ3) is 6.09. The highest BCUT2D eigenvalue weighted by Crippen LogP contribution is 2.50. The fourth-order valence-electron chi connectivity index (χ4n) is 4.36. The van der Waals surface area contributed by atoms with Crippen molar-refractivity contribution in [2.45, 2.75) is 58.2 Å². The number of nitrogens with one attached hydrogen (secondary N) is 2. The largest absolute Gasteiger partial charge is 0.493 e. The first-order chi connectivity index (χ1) is 17.0. The van der Waals surface area contributed by atoms with Gasteiger partial charge in [0.25, 0.3) is 0 Å². The zero-order valence-electron chi connectivity index (χ0n) is 22.1. The zero-order chi connectivity index (χ0) is 26.6. The highest BCUT2D eigenvalue weighted by atomic mass is 16.5. The minimum atomic E-state index is -0.827. The summed E-state index contributed by atoms with van der Waals surface area (Å²) in [6.45, 7) is 7.31. The van der Waals surface area contributed by atoms with Gasteiger partial charge in [-0.25, -0.2) is 0 Å². The number of aryl methyl sites for hydroxylation is 1. The molecule has 9 nitrogen and oxygen atoms in total. The SMILES string of the molecule is COc1cc2c(c(OC)c1OC)-c1ccc(NC(=O)[C@@H](N)COC(C)(C)C)cc1[C@@H](NC(C)=O)CC2. The van der Waals surface area contributed by atoms with Gasteiger partial charge in [0, 0.05) is 18.2 Å². The molecule has 0 saturated heterocycles. The number of benzene rings is 2. The van der Waals surface area contributed by atoms with Crippen LogP contribution in [0.5, 0.6) is 17.2 Å². The van der Waals surface area contributed by atoms with Gasteiger partial charge in [0.2, 0.25) is 17.6 Å². The molecule has 2 atom stereocenters. The fraction of sp³-hybridized carbons (Fsp3) is 0.481. The van der Waals surface area contributed by atoms with E-state index in [1.54, 1.807) is 21.3 Å². The van der Waals surface area contributed by atoms with Gasteiger partial charge in [0.1, 0.15) is 6.04 Å². The van der Waals surface area contributed by atoms with Crippen LogP contribution in [0.2, 0.25) is 0 Å². The first kappa shape index (κ1) is 27.3. The number of fused-ring (bicyclic) bond motifs is 3. The number of methoxy groups -OCH3 is 3. The minimum Gasteiger partial charge on any atom is -0.493 e. The molecule has 0 aromatic heterocycles. The number of hydrogen-bond donors (Lipinski definition) is 3. The lowest BCUT2D eigenvalue weighted by Gasteiger charge is -2.23. The van der Waals surface area contributed by atoms with Gasteiger partial charge in [-0.3, -0.25) is 9.59 Å². The van der Waals surface area contributed by atoms with Crippen molar-refractivity contribution in [3.63, 3.8) is 0 Å². The summed E-state index contributed by atoms with van der Waals surface area (Å²) in [5.74, 6) is 1.12. The zero-order valence-corrected chi connectivity index (χ0v) is 22.1. The second kappa shape index (κ2) is 11.2. The highest BCUT2D eigenvalue weighted by Gasteiger charge is 2.30. The monoisotopic (exact) mass is 499 g/mol. The van der Waals surface area contributed by atoms with Crippen molar-refractivity contribution >= 4 is 17.5 Å². The molecular formula is C27H37N3O6. The molecule has 4 N–H and O–H groups in total. The summed E-state index contributed by atoms with van der Waals surface area (Å²) in [7, 11) is 4.74. The molecule has 1 aliphatic carbocycles. The van der Waals surface area contributed by atoms with E-state index in [4.69, 9.17) is 24.7 Å². The standard InChI is InChI=1S/C27H37N3O6/c1-15(31)29-21-11-8-16-12-22(33-5)24(34-6)25(35-7)23(16)18-10-9-17(13-19(18)21)30-26(32)20(28)14-36-27(2,3)4/h9-10,12-13,20-21H,8,11,14,28H2,1-7H3,(H,29,31)(H,30,32)/t20-,21-/m0/s1. The average Bonchev–Trinajstić information content (AvgIpc) is 2.97. The number of nitrogens with two attached hydrogens (primary N) is 1. The second-order valence-corrected chi connectivity index (χ2v) is 9.79. The third-order valence-corrected chi connectivity index (χ3v) is 5.99. The molecular weight excluding hydrogens is 462 g/mol. The Hall–Kier alpha value is -3.30. The molecule has 2 aromatic rings. The third-order valence-electron chi connectivity index (χ3n) is 5.99. The van der Waals surface area contributed by atoms with E-state index in [1.165, 1.54) is 6.92 Å². The summed E-state index contributed by atoms with van der Waals surface area (Å²) in [4.78, 5) is 24.8. The first-order valence-electron chi connectivity index (χ1n) is 11.9. The smallest absolute Gasteiger partial charge is 0.243 e. The van der Waals surface area contributed by atoms with E-state index in [1.807, 2.05) is 45.0 Å². The summed E-state index contributed by atoms with van der Waals surface area (Å²) in [5, 5.41) is 5.93. The molecule has 0 radical (unpaired) electrons. The Morgan fingerprint density at radius 3 is 2.36 bits per heavy atom. The fourth-order valence-corrected chi connectivity index (χ4v) is 4.36. The van der Waals surface area contributed by atoms with Crippen molar-refractivity contribution in [1.82, 2.24) is 5.32 Å². The number of anilines is 1. The van der Waals surface area contributed by atoms with E-state index in [-0.39, 0.29) is 24.5 Å². The van der Waals surface area contributed by atoms with Crippen LogP contribution in [0, 0.1) is 0 Å². The Morgan fingerprint density at radius 2 is 1.78 bits per heavy atom. The molecule has 0 aliphatic heterocycles. The van der Waals surface area contributed by atoms with Gasteiger partial charge in [-0.1, -0.05) is 6.07 Å². The number of hydrogen-bond acceptors (Lipinski definition) is 7. The predicted molar refractivity (Wildman–Crippen MR) is 139 cm³/mol. The number of ether oxygens (including phenoxy) is 4. The van der Waals surface area contributed by atoms with E-state index in [2.05, 4.69) is 10.6 Å². The van der Waals surface area contributed by atoms with Crippen LogP contribution in [0.3, 0.4) is 0 Å². The van der Waals surface area contributed by atoms with Crippen LogP contribution < -0.4 is 30.6 Å². The minimum absolute atomic E-state index is 0.0982. The number of amides is 2. The lowest BCUT2D eigenvalue weighted by Crippen LogP contribution is -2.41. The molecule has 0 bridgehead atoms. The van der Waals surface area contributed by atoms with Gasteiger partial charge in [0.05, 0.1) is 39.6 Å². The van der Waals surface area contributed by atoms with Crippen molar-refractivity contribution < 1.29 is 28.5 Å². The normalized spacial score (nSPS) is 15.6. The number of rotatable bonds is 8. The Morgan fingerprint density at radius 1 is 1.08 bits per heavy atom. The maximum Gasteiger partial charge on any atom is 0.243 e. The van der Waals surface area contributed by atoms with Gasteiger partial charge in [-0.05, 0) is 68.5 Å². The molecule has 3 rings (SSSR count). The van der Waals surface area contributed by atoms with Crippen molar-refractivity contribution in [2.24, 2.45) is 5.73 Å². The molecule has 1 aliphatic rings. The summed E-state index contributed by atoms with van der Waals surface area (Å²) in [6, 6.07) is 6.43. The lowest BCUT2D eigenvalue weighted by molar-refractivity contribution is -0.120. The number of carbonyl (C=O) groups excluding carboxylic acids is 2. The van der Waals surface area contributed by atoms with Gasteiger partial charge >= 0.3 is 0 Å². The second-order valence-electron chi connectivity index (χ2n) is 9.79. The Kier molecular flexibility index (Phi) is 8.47. The van der Waals surface area contributed by atoms with Crippen LogP contribution in [0.25, 0.3) is 11.1 Å². The van der Waals surface area contributed by atoms with Gasteiger partial charge in [-0.15, -0.1) is 0 Å². The summed E-state index contributed by atoms with van der Waals surface area (Å²) in [5.41, 5.74) is 9.83.